The third-order valence-corrected chi connectivity index (χ3v) is 2.70. The third kappa shape index (κ3) is 4.55. The number of carboxylic acids is 2. The number of rotatable bonds is 7. The van der Waals surface area contributed by atoms with Crippen molar-refractivity contribution in [2.24, 2.45) is 0 Å². The molecule has 0 saturated carbocycles. The van der Waals surface area contributed by atoms with Gasteiger partial charge in [0.2, 0.25) is 0 Å². The Balaban J connectivity index is 2.58. The second kappa shape index (κ2) is 6.76. The van der Waals surface area contributed by atoms with Crippen LogP contribution in [0.4, 0.5) is 0 Å². The molecular formula is C13H17NO4. The Hall–Kier alpha value is -1.88. The summed E-state index contributed by atoms with van der Waals surface area (Å²) in [5, 5.41) is 17.4. The lowest BCUT2D eigenvalue weighted by Crippen LogP contribution is -2.25. The average molecular weight is 251 g/mol. The summed E-state index contributed by atoms with van der Waals surface area (Å²) in [5.74, 6) is -1.76. The van der Waals surface area contributed by atoms with Gasteiger partial charge in [0.05, 0.1) is 12.0 Å². The summed E-state index contributed by atoms with van der Waals surface area (Å²) in [4.78, 5) is 23.2. The van der Waals surface area contributed by atoms with Gasteiger partial charge in [-0.25, -0.2) is 4.79 Å². The zero-order valence-electron chi connectivity index (χ0n) is 10.3. The number of carboxylic acid groups (broad SMARTS) is 2. The zero-order chi connectivity index (χ0) is 13.5. The lowest BCUT2D eigenvalue weighted by Gasteiger charge is -2.19. The maximum atomic E-state index is 10.7. The smallest absolute Gasteiger partial charge is 0.335 e. The van der Waals surface area contributed by atoms with Crippen LogP contribution in [0.25, 0.3) is 0 Å². The van der Waals surface area contributed by atoms with Crippen LogP contribution in [-0.4, -0.2) is 40.1 Å². The number of aliphatic carboxylic acids is 1. The molecule has 0 aliphatic heterocycles. The second-order valence-corrected chi connectivity index (χ2v) is 4.01. The van der Waals surface area contributed by atoms with E-state index in [0.717, 1.165) is 12.1 Å². The topological polar surface area (TPSA) is 77.8 Å². The van der Waals surface area contributed by atoms with E-state index < -0.39 is 11.9 Å². The van der Waals surface area contributed by atoms with Gasteiger partial charge >= 0.3 is 11.9 Å². The molecule has 98 valence electrons. The first kappa shape index (κ1) is 14.2. The number of hydrogen-bond donors (Lipinski definition) is 2. The molecule has 18 heavy (non-hydrogen) atoms. The van der Waals surface area contributed by atoms with Gasteiger partial charge in [-0.05, 0) is 24.2 Å². The van der Waals surface area contributed by atoms with Crippen LogP contribution in [0.1, 0.15) is 29.3 Å². The van der Waals surface area contributed by atoms with Gasteiger partial charge in [0.15, 0.2) is 0 Å². The van der Waals surface area contributed by atoms with Gasteiger partial charge in [-0.1, -0.05) is 19.1 Å². The van der Waals surface area contributed by atoms with Gasteiger partial charge in [0.1, 0.15) is 0 Å². The lowest BCUT2D eigenvalue weighted by molar-refractivity contribution is -0.137. The van der Waals surface area contributed by atoms with E-state index in [1.165, 1.54) is 0 Å². The molecule has 0 spiro atoms. The van der Waals surface area contributed by atoms with E-state index in [1.807, 2.05) is 11.8 Å². The molecule has 0 unspecified atom stereocenters. The minimum atomic E-state index is -0.945. The van der Waals surface area contributed by atoms with Crippen molar-refractivity contribution < 1.29 is 19.8 Å². The molecule has 1 aromatic carbocycles. The lowest BCUT2D eigenvalue weighted by atomic mass is 10.1. The van der Waals surface area contributed by atoms with E-state index in [2.05, 4.69) is 0 Å². The molecule has 1 rings (SSSR count). The van der Waals surface area contributed by atoms with Crippen LogP contribution in [0.15, 0.2) is 24.3 Å². The van der Waals surface area contributed by atoms with Crippen LogP contribution in [0.2, 0.25) is 0 Å². The highest BCUT2D eigenvalue weighted by Gasteiger charge is 2.07. The van der Waals surface area contributed by atoms with Crippen LogP contribution >= 0.6 is 0 Å². The fourth-order valence-electron chi connectivity index (χ4n) is 1.61. The standard InChI is InChI=1S/C13H17NO4/c1-2-14(8-7-12(15)16)9-10-3-5-11(6-4-10)13(17)18/h3-6H,2,7-9H2,1H3,(H,15,16)(H,17,18). The first-order valence-corrected chi connectivity index (χ1v) is 5.79. The van der Waals surface area contributed by atoms with Crippen molar-refractivity contribution in [2.75, 3.05) is 13.1 Å². The minimum absolute atomic E-state index is 0.112. The minimum Gasteiger partial charge on any atom is -0.481 e. The molecule has 0 fully saturated rings. The van der Waals surface area contributed by atoms with Gasteiger partial charge < -0.3 is 10.2 Å². The summed E-state index contributed by atoms with van der Waals surface area (Å²) < 4.78 is 0. The molecule has 0 heterocycles. The quantitative estimate of drug-likeness (QED) is 0.771. The largest absolute Gasteiger partial charge is 0.481 e. The predicted octanol–water partition coefficient (Wildman–Crippen LogP) is 1.68. The van der Waals surface area contributed by atoms with Crippen molar-refractivity contribution in [3.05, 3.63) is 35.4 Å². The van der Waals surface area contributed by atoms with E-state index in [1.54, 1.807) is 24.3 Å². The maximum absolute atomic E-state index is 10.7. The van der Waals surface area contributed by atoms with Crippen LogP contribution in [0.3, 0.4) is 0 Å². The van der Waals surface area contributed by atoms with Crippen LogP contribution in [0, 0.1) is 0 Å². The fraction of sp³-hybridized carbons (Fsp3) is 0.385. The van der Waals surface area contributed by atoms with Crippen LogP contribution < -0.4 is 0 Å². The number of aromatic carboxylic acids is 1. The summed E-state index contributed by atoms with van der Waals surface area (Å²) in [6, 6.07) is 6.63. The molecule has 5 heteroatoms. The second-order valence-electron chi connectivity index (χ2n) is 4.01. The van der Waals surface area contributed by atoms with Crippen molar-refractivity contribution in [3.63, 3.8) is 0 Å². The summed E-state index contributed by atoms with van der Waals surface area (Å²) in [6.07, 6.45) is 0.112. The van der Waals surface area contributed by atoms with Gasteiger partial charge in [-0.2, -0.15) is 0 Å². The molecule has 0 aliphatic rings. The van der Waals surface area contributed by atoms with Crippen molar-refractivity contribution in [3.8, 4) is 0 Å². The van der Waals surface area contributed by atoms with E-state index in [4.69, 9.17) is 10.2 Å². The van der Waals surface area contributed by atoms with Crippen LogP contribution in [0.5, 0.6) is 0 Å². The molecule has 0 aromatic heterocycles. The number of benzene rings is 1. The molecule has 5 nitrogen and oxygen atoms in total. The van der Waals surface area contributed by atoms with Gasteiger partial charge in [0, 0.05) is 13.1 Å². The third-order valence-electron chi connectivity index (χ3n) is 2.70. The summed E-state index contributed by atoms with van der Waals surface area (Å²) >= 11 is 0. The van der Waals surface area contributed by atoms with E-state index >= 15 is 0 Å². The first-order valence-electron chi connectivity index (χ1n) is 5.79. The normalized spacial score (nSPS) is 10.6. The first-order chi connectivity index (χ1) is 8.52. The Kier molecular flexibility index (Phi) is 5.32. The van der Waals surface area contributed by atoms with Gasteiger partial charge in [-0.3, -0.25) is 9.69 Å². The molecule has 0 saturated heterocycles. The highest BCUT2D eigenvalue weighted by Crippen LogP contribution is 2.08. The molecule has 0 radical (unpaired) electrons. The molecule has 0 atom stereocenters. The molecule has 2 N–H and O–H groups in total. The van der Waals surface area contributed by atoms with Gasteiger partial charge in [0.25, 0.3) is 0 Å². The van der Waals surface area contributed by atoms with E-state index in [0.29, 0.717) is 13.1 Å². The molecule has 0 aliphatic carbocycles. The number of hydrogen-bond acceptors (Lipinski definition) is 3. The van der Waals surface area contributed by atoms with Crippen LogP contribution in [-0.2, 0) is 11.3 Å². The predicted molar refractivity (Wildman–Crippen MR) is 66.6 cm³/mol. The Labute approximate surface area is 106 Å². The van der Waals surface area contributed by atoms with E-state index in [-0.39, 0.29) is 12.0 Å². The summed E-state index contributed by atoms with van der Waals surface area (Å²) in [7, 11) is 0. The molecule has 0 amide bonds. The van der Waals surface area contributed by atoms with Crippen molar-refractivity contribution in [1.82, 2.24) is 4.90 Å². The zero-order valence-corrected chi connectivity index (χ0v) is 10.3. The Morgan fingerprint density at radius 1 is 1.17 bits per heavy atom. The van der Waals surface area contributed by atoms with Gasteiger partial charge in [-0.15, -0.1) is 0 Å². The number of nitrogens with zero attached hydrogens (tertiary/aromatic N) is 1. The van der Waals surface area contributed by atoms with Crippen molar-refractivity contribution in [2.45, 2.75) is 19.9 Å². The highest BCUT2D eigenvalue weighted by molar-refractivity contribution is 5.87. The average Bonchev–Trinajstić information content (AvgIpc) is 2.34. The highest BCUT2D eigenvalue weighted by atomic mass is 16.4. The SMILES string of the molecule is CCN(CCC(=O)O)Cc1ccc(C(=O)O)cc1. The fourth-order valence-corrected chi connectivity index (χ4v) is 1.61. The molecule has 1 aromatic rings. The Morgan fingerprint density at radius 2 is 1.78 bits per heavy atom. The Morgan fingerprint density at radius 3 is 2.22 bits per heavy atom. The summed E-state index contributed by atoms with van der Waals surface area (Å²) in [6.45, 7) is 3.84. The van der Waals surface area contributed by atoms with Crippen molar-refractivity contribution in [1.29, 1.82) is 0 Å². The summed E-state index contributed by atoms with van der Waals surface area (Å²) in [5.41, 5.74) is 1.24. The monoisotopic (exact) mass is 251 g/mol. The molecular weight excluding hydrogens is 234 g/mol. The molecule has 0 bridgehead atoms. The Bertz CT molecular complexity index is 414. The maximum Gasteiger partial charge on any atom is 0.335 e. The number of carbonyl (C=O) groups is 2. The van der Waals surface area contributed by atoms with E-state index in [9.17, 15) is 9.59 Å². The van der Waals surface area contributed by atoms with Crippen molar-refractivity contribution >= 4 is 11.9 Å².